The van der Waals surface area contributed by atoms with E-state index in [9.17, 15) is 13.2 Å². The molecule has 2 aromatic rings. The molecule has 0 aromatic heterocycles. The molecule has 0 spiro atoms. The Kier molecular flexibility index (Phi) is 8.63. The summed E-state index contributed by atoms with van der Waals surface area (Å²) in [5.41, 5.74) is 3.00. The third kappa shape index (κ3) is 7.04. The lowest BCUT2D eigenvalue weighted by Crippen LogP contribution is -2.48. The second-order valence-corrected chi connectivity index (χ2v) is 9.80. The van der Waals surface area contributed by atoms with Crippen molar-refractivity contribution in [2.24, 2.45) is 5.10 Å². The van der Waals surface area contributed by atoms with Crippen LogP contribution in [0.15, 0.2) is 65.9 Å². The van der Waals surface area contributed by atoms with E-state index in [0.29, 0.717) is 23.2 Å². The molecule has 8 heteroatoms. The van der Waals surface area contributed by atoms with Gasteiger partial charge in [-0.3, -0.25) is 4.18 Å². The summed E-state index contributed by atoms with van der Waals surface area (Å²) in [6.07, 6.45) is 12.0. The molecule has 1 heterocycles. The highest BCUT2D eigenvalue weighted by Crippen LogP contribution is 2.24. The lowest BCUT2D eigenvalue weighted by molar-refractivity contribution is 0.128. The first-order chi connectivity index (χ1) is 16.3. The molecular weight excluding hydrogens is 450 g/mol. The summed E-state index contributed by atoms with van der Waals surface area (Å²) < 4.78 is 27.2. The van der Waals surface area contributed by atoms with Crippen molar-refractivity contribution in [3.8, 4) is 12.3 Å². The third-order valence-corrected chi connectivity index (χ3v) is 6.19. The lowest BCUT2D eigenvalue weighted by atomic mass is 9.96. The van der Waals surface area contributed by atoms with Crippen LogP contribution in [0.25, 0.3) is 5.57 Å². The van der Waals surface area contributed by atoms with Crippen LogP contribution in [0.5, 0.6) is 0 Å². The molecule has 1 fully saturated rings. The summed E-state index contributed by atoms with van der Waals surface area (Å²) in [5, 5.41) is 5.12. The fraction of sp³-hybridized carbons (Fsp3) is 0.308. The number of hydrazone groups is 1. The van der Waals surface area contributed by atoms with Gasteiger partial charge in [-0.15, -0.1) is 6.42 Å². The number of nitrogens with zero attached hydrogens (tertiary/aromatic N) is 3. The molecule has 0 radical (unpaired) electrons. The molecule has 0 saturated carbocycles. The highest BCUT2D eigenvalue weighted by molar-refractivity contribution is 7.85. The molecule has 1 aliphatic rings. The number of carbonyl (C=O) groups excluding carboxylic acids is 1. The average molecular weight is 480 g/mol. The number of piperidine rings is 1. The predicted molar refractivity (Wildman–Crippen MR) is 134 cm³/mol. The van der Waals surface area contributed by atoms with Gasteiger partial charge in [0.15, 0.2) is 0 Å². The number of carbonyl (C=O) groups is 1. The number of hydrogen-bond acceptors (Lipinski definition) is 5. The summed E-state index contributed by atoms with van der Waals surface area (Å²) in [4.78, 5) is 15.2. The van der Waals surface area contributed by atoms with E-state index in [1.54, 1.807) is 24.3 Å². The van der Waals surface area contributed by atoms with Gasteiger partial charge in [-0.05, 0) is 42.4 Å². The van der Waals surface area contributed by atoms with Gasteiger partial charge in [0.05, 0.1) is 24.6 Å². The van der Waals surface area contributed by atoms with Crippen molar-refractivity contribution >= 4 is 28.4 Å². The van der Waals surface area contributed by atoms with Gasteiger partial charge in [0.25, 0.3) is 10.1 Å². The normalized spacial score (nSPS) is 16.5. The number of rotatable bonds is 8. The Balaban J connectivity index is 1.76. The molecule has 2 amide bonds. The summed E-state index contributed by atoms with van der Waals surface area (Å²) in [6, 6.07) is 16.9. The number of allylic oxidation sites excluding steroid dienone is 1. The molecule has 34 heavy (non-hydrogen) atoms. The molecule has 1 saturated heterocycles. The van der Waals surface area contributed by atoms with Crippen molar-refractivity contribution in [3.05, 3.63) is 77.5 Å². The maximum Gasteiger partial charge on any atom is 0.344 e. The number of likely N-dealkylation sites (tertiary alicyclic amines) is 1. The minimum absolute atomic E-state index is 0.0647. The van der Waals surface area contributed by atoms with E-state index in [0.717, 1.165) is 31.9 Å². The van der Waals surface area contributed by atoms with Crippen molar-refractivity contribution in [1.29, 1.82) is 0 Å². The van der Waals surface area contributed by atoms with Crippen molar-refractivity contribution in [3.63, 3.8) is 0 Å². The maximum atomic E-state index is 13.4. The van der Waals surface area contributed by atoms with Crippen LogP contribution in [0, 0.1) is 12.3 Å². The molecular formula is C26H29N3O4S. The van der Waals surface area contributed by atoms with Crippen LogP contribution < -0.4 is 0 Å². The predicted octanol–water partition coefficient (Wildman–Crippen LogP) is 4.27. The van der Waals surface area contributed by atoms with Gasteiger partial charge in [-0.1, -0.05) is 60.5 Å². The summed E-state index contributed by atoms with van der Waals surface area (Å²) in [6.45, 7) is 4.16. The molecule has 1 atom stereocenters. The van der Waals surface area contributed by atoms with Gasteiger partial charge in [-0.25, -0.2) is 4.79 Å². The Hall–Kier alpha value is -3.41. The van der Waals surface area contributed by atoms with E-state index in [1.165, 1.54) is 16.8 Å². The SMILES string of the molecule is C#C/C(=C\N(N=C)C(=O)N1CCCCC1Cc1ccccc1)c1ccc(COS(C)(=O)=O)cc1. The molecule has 1 unspecified atom stereocenters. The fourth-order valence-electron chi connectivity index (χ4n) is 3.91. The van der Waals surface area contributed by atoms with Crippen LogP contribution in [0.1, 0.15) is 36.0 Å². The molecule has 3 rings (SSSR count). The third-order valence-electron chi connectivity index (χ3n) is 5.65. The van der Waals surface area contributed by atoms with Crippen LogP contribution >= 0.6 is 0 Å². The minimum atomic E-state index is -3.53. The van der Waals surface area contributed by atoms with Crippen molar-refractivity contribution in [1.82, 2.24) is 9.91 Å². The molecule has 0 N–H and O–H groups in total. The Morgan fingerprint density at radius 3 is 2.53 bits per heavy atom. The van der Waals surface area contributed by atoms with E-state index in [4.69, 9.17) is 10.6 Å². The smallest absolute Gasteiger partial charge is 0.320 e. The first-order valence-corrected chi connectivity index (χ1v) is 12.8. The van der Waals surface area contributed by atoms with Gasteiger partial charge < -0.3 is 4.90 Å². The van der Waals surface area contributed by atoms with Crippen LogP contribution in [0.3, 0.4) is 0 Å². The second kappa shape index (κ2) is 11.6. The minimum Gasteiger partial charge on any atom is -0.320 e. The highest BCUT2D eigenvalue weighted by atomic mass is 32.2. The fourth-order valence-corrected chi connectivity index (χ4v) is 4.26. The zero-order chi connectivity index (χ0) is 24.6. The Morgan fingerprint density at radius 2 is 1.91 bits per heavy atom. The number of urea groups is 1. The summed E-state index contributed by atoms with van der Waals surface area (Å²) >= 11 is 0. The average Bonchev–Trinajstić information content (AvgIpc) is 2.84. The largest absolute Gasteiger partial charge is 0.344 e. The zero-order valence-corrected chi connectivity index (χ0v) is 20.1. The van der Waals surface area contributed by atoms with Crippen molar-refractivity contribution in [2.45, 2.75) is 38.3 Å². The van der Waals surface area contributed by atoms with Crippen LogP contribution in [-0.4, -0.2) is 49.9 Å². The van der Waals surface area contributed by atoms with Gasteiger partial charge in [0.1, 0.15) is 0 Å². The molecule has 0 aliphatic carbocycles. The molecule has 7 nitrogen and oxygen atoms in total. The van der Waals surface area contributed by atoms with Crippen molar-refractivity contribution in [2.75, 3.05) is 12.8 Å². The molecule has 178 valence electrons. The van der Waals surface area contributed by atoms with Gasteiger partial charge in [0, 0.05) is 19.3 Å². The first kappa shape index (κ1) is 25.2. The Labute approximate surface area is 201 Å². The van der Waals surface area contributed by atoms with Crippen molar-refractivity contribution < 1.29 is 17.4 Å². The highest BCUT2D eigenvalue weighted by Gasteiger charge is 2.29. The summed E-state index contributed by atoms with van der Waals surface area (Å²) in [7, 11) is -3.53. The van der Waals surface area contributed by atoms with E-state index >= 15 is 0 Å². The summed E-state index contributed by atoms with van der Waals surface area (Å²) in [5.74, 6) is 2.60. The number of amides is 2. The lowest BCUT2D eigenvalue weighted by Gasteiger charge is -2.37. The van der Waals surface area contributed by atoms with E-state index in [2.05, 4.69) is 29.9 Å². The standard InChI is InChI=1S/C26H29N3O4S/c1-4-23(24-15-13-22(14-16-24)20-33-34(3,31)32)19-29(27-2)26(30)28-17-9-8-12-25(28)18-21-10-6-5-7-11-21/h1,5-7,10-11,13-16,19,25H,2,8-9,12,17-18,20H2,3H3/b23-19+. The Morgan fingerprint density at radius 1 is 1.21 bits per heavy atom. The van der Waals surface area contributed by atoms with Crippen LogP contribution in [0.2, 0.25) is 0 Å². The first-order valence-electron chi connectivity index (χ1n) is 11.0. The second-order valence-electron chi connectivity index (χ2n) is 8.15. The number of benzene rings is 2. The van der Waals surface area contributed by atoms with E-state index in [1.807, 2.05) is 23.1 Å². The molecule has 0 bridgehead atoms. The van der Waals surface area contributed by atoms with Crippen LogP contribution in [-0.2, 0) is 27.3 Å². The monoisotopic (exact) mass is 479 g/mol. The van der Waals surface area contributed by atoms with E-state index in [-0.39, 0.29) is 18.7 Å². The van der Waals surface area contributed by atoms with E-state index < -0.39 is 10.1 Å². The zero-order valence-electron chi connectivity index (χ0n) is 19.3. The van der Waals surface area contributed by atoms with Gasteiger partial charge >= 0.3 is 6.03 Å². The number of terminal acetylenes is 1. The molecule has 1 aliphatic heterocycles. The maximum absolute atomic E-state index is 13.4. The Bertz CT molecular complexity index is 1170. The van der Waals surface area contributed by atoms with Crippen LogP contribution in [0.4, 0.5) is 4.79 Å². The van der Waals surface area contributed by atoms with Gasteiger partial charge in [-0.2, -0.15) is 18.5 Å². The quantitative estimate of drug-likeness (QED) is 0.245. The molecule has 2 aromatic carbocycles. The van der Waals surface area contributed by atoms with Gasteiger partial charge in [0.2, 0.25) is 0 Å². The number of hydrogen-bond donors (Lipinski definition) is 0. The topological polar surface area (TPSA) is 79.3 Å².